The second kappa shape index (κ2) is 5.44. The third-order valence-electron chi connectivity index (χ3n) is 3.31. The first-order valence-corrected chi connectivity index (χ1v) is 8.52. The lowest BCUT2D eigenvalue weighted by Gasteiger charge is -2.40. The number of anilines is 1. The molecule has 6 heteroatoms. The minimum absolute atomic E-state index is 0.0204. The summed E-state index contributed by atoms with van der Waals surface area (Å²) >= 11 is 0. The highest BCUT2D eigenvalue weighted by molar-refractivity contribution is 7.90. The van der Waals surface area contributed by atoms with Gasteiger partial charge in [0, 0.05) is 31.1 Å². The maximum atomic E-state index is 11.8. The summed E-state index contributed by atoms with van der Waals surface area (Å²) in [6.45, 7) is 5.24. The lowest BCUT2D eigenvalue weighted by molar-refractivity contribution is -0.126. The van der Waals surface area contributed by atoms with Gasteiger partial charge in [-0.25, -0.2) is 8.42 Å². The van der Waals surface area contributed by atoms with Gasteiger partial charge in [0.2, 0.25) is 5.91 Å². The highest BCUT2D eigenvalue weighted by Crippen LogP contribution is 2.25. The van der Waals surface area contributed by atoms with Crippen LogP contribution in [0.15, 0.2) is 29.2 Å². The van der Waals surface area contributed by atoms with Crippen LogP contribution in [0.4, 0.5) is 5.69 Å². The first-order chi connectivity index (χ1) is 9.27. The molecule has 2 rings (SSSR count). The molecule has 0 atom stereocenters. The maximum absolute atomic E-state index is 11.8. The average Bonchev–Trinajstić information content (AvgIpc) is 2.25. The van der Waals surface area contributed by atoms with Crippen molar-refractivity contribution in [2.45, 2.75) is 24.8 Å². The van der Waals surface area contributed by atoms with E-state index in [1.165, 1.54) is 6.26 Å². The summed E-state index contributed by atoms with van der Waals surface area (Å²) in [6.07, 6.45) is 1.19. The number of amides is 1. The number of hydrogen-bond acceptors (Lipinski definition) is 4. The second-order valence-corrected chi connectivity index (χ2v) is 7.55. The van der Waals surface area contributed by atoms with Crippen LogP contribution in [0, 0.1) is 5.92 Å². The van der Waals surface area contributed by atoms with Crippen LogP contribution in [0.5, 0.6) is 0 Å². The minimum Gasteiger partial charge on any atom is -0.370 e. The number of carbonyl (C=O) groups excluding carboxylic acids is 1. The number of rotatable bonds is 4. The Morgan fingerprint density at radius 3 is 2.25 bits per heavy atom. The number of carbonyl (C=O) groups is 1. The fourth-order valence-corrected chi connectivity index (χ4v) is 2.79. The van der Waals surface area contributed by atoms with E-state index in [-0.39, 0.29) is 17.9 Å². The molecule has 0 saturated carbocycles. The molecule has 1 aliphatic heterocycles. The molecular weight excluding hydrogens is 276 g/mol. The number of benzene rings is 1. The molecule has 1 aromatic rings. The Kier molecular flexibility index (Phi) is 4.04. The number of hydrogen-bond donors (Lipinski definition) is 1. The molecule has 0 aromatic heterocycles. The third-order valence-corrected chi connectivity index (χ3v) is 4.44. The second-order valence-electron chi connectivity index (χ2n) is 5.53. The Morgan fingerprint density at radius 1 is 1.25 bits per heavy atom. The van der Waals surface area contributed by atoms with Gasteiger partial charge in [-0.15, -0.1) is 0 Å². The molecule has 0 radical (unpaired) electrons. The SMILES string of the molecule is CC(C)NC(=O)C1CN(c2ccc(S(C)(=O)=O)cc2)C1. The lowest BCUT2D eigenvalue weighted by atomic mass is 9.98. The fraction of sp³-hybridized carbons (Fsp3) is 0.500. The summed E-state index contributed by atoms with van der Waals surface area (Å²) in [5.41, 5.74) is 0.950. The van der Waals surface area contributed by atoms with Crippen LogP contribution in [0.1, 0.15) is 13.8 Å². The van der Waals surface area contributed by atoms with Gasteiger partial charge in [0.15, 0.2) is 9.84 Å². The standard InChI is InChI=1S/C14H20N2O3S/c1-10(2)15-14(17)11-8-16(9-11)12-4-6-13(7-5-12)20(3,18)19/h4-7,10-11H,8-9H2,1-3H3,(H,15,17). The van der Waals surface area contributed by atoms with Crippen molar-refractivity contribution in [3.63, 3.8) is 0 Å². The Hall–Kier alpha value is -1.56. The van der Waals surface area contributed by atoms with Gasteiger partial charge in [0.05, 0.1) is 10.8 Å². The Bertz CT molecular complexity index is 587. The molecule has 0 aliphatic carbocycles. The van der Waals surface area contributed by atoms with Gasteiger partial charge in [-0.2, -0.15) is 0 Å². The summed E-state index contributed by atoms with van der Waals surface area (Å²) in [7, 11) is -3.15. The molecule has 1 aromatic carbocycles. The van der Waals surface area contributed by atoms with Crippen molar-refractivity contribution in [3.8, 4) is 0 Å². The first kappa shape index (κ1) is 14.8. The van der Waals surface area contributed by atoms with E-state index in [1.807, 2.05) is 13.8 Å². The van der Waals surface area contributed by atoms with Crippen LogP contribution < -0.4 is 10.2 Å². The number of sulfone groups is 1. The van der Waals surface area contributed by atoms with E-state index in [1.54, 1.807) is 24.3 Å². The smallest absolute Gasteiger partial charge is 0.226 e. The maximum Gasteiger partial charge on any atom is 0.226 e. The van der Waals surface area contributed by atoms with E-state index in [4.69, 9.17) is 0 Å². The van der Waals surface area contributed by atoms with Gasteiger partial charge in [0.1, 0.15) is 0 Å². The highest BCUT2D eigenvalue weighted by atomic mass is 32.2. The van der Waals surface area contributed by atoms with Crippen LogP contribution in [0.3, 0.4) is 0 Å². The van der Waals surface area contributed by atoms with Crippen LogP contribution in [-0.4, -0.2) is 39.7 Å². The molecular formula is C14H20N2O3S. The Morgan fingerprint density at radius 2 is 1.80 bits per heavy atom. The molecule has 1 amide bonds. The zero-order valence-electron chi connectivity index (χ0n) is 12.0. The van der Waals surface area contributed by atoms with Gasteiger partial charge in [-0.1, -0.05) is 0 Å². The van der Waals surface area contributed by atoms with E-state index >= 15 is 0 Å². The number of nitrogens with one attached hydrogen (secondary N) is 1. The third kappa shape index (κ3) is 3.30. The zero-order valence-corrected chi connectivity index (χ0v) is 12.8. The summed E-state index contributed by atoms with van der Waals surface area (Å²) in [4.78, 5) is 14.2. The molecule has 0 bridgehead atoms. The van der Waals surface area contributed by atoms with E-state index in [9.17, 15) is 13.2 Å². The van der Waals surface area contributed by atoms with Crippen molar-refractivity contribution >= 4 is 21.4 Å². The lowest BCUT2D eigenvalue weighted by Crippen LogP contribution is -2.54. The molecule has 1 fully saturated rings. The van der Waals surface area contributed by atoms with Gasteiger partial charge in [-0.3, -0.25) is 4.79 Å². The molecule has 1 saturated heterocycles. The quantitative estimate of drug-likeness (QED) is 0.902. The van der Waals surface area contributed by atoms with E-state index in [2.05, 4.69) is 10.2 Å². The van der Waals surface area contributed by atoms with Crippen LogP contribution in [0.2, 0.25) is 0 Å². The minimum atomic E-state index is -3.15. The normalized spacial score (nSPS) is 16.1. The van der Waals surface area contributed by atoms with Gasteiger partial charge in [0.25, 0.3) is 0 Å². The molecule has 1 heterocycles. The Balaban J connectivity index is 1.95. The average molecular weight is 296 g/mol. The largest absolute Gasteiger partial charge is 0.370 e. The van der Waals surface area contributed by atoms with Crippen LogP contribution in [0.25, 0.3) is 0 Å². The predicted octanol–water partition coefficient (Wildman–Crippen LogP) is 1.05. The van der Waals surface area contributed by atoms with Crippen molar-refractivity contribution in [2.75, 3.05) is 24.2 Å². The summed E-state index contributed by atoms with van der Waals surface area (Å²) in [5.74, 6) is 0.107. The topological polar surface area (TPSA) is 66.5 Å². The van der Waals surface area contributed by atoms with E-state index in [0.717, 1.165) is 5.69 Å². The van der Waals surface area contributed by atoms with E-state index < -0.39 is 9.84 Å². The molecule has 110 valence electrons. The predicted molar refractivity (Wildman–Crippen MR) is 78.5 cm³/mol. The summed E-state index contributed by atoms with van der Waals surface area (Å²) in [5, 5.41) is 2.90. The summed E-state index contributed by atoms with van der Waals surface area (Å²) < 4.78 is 22.8. The summed E-state index contributed by atoms with van der Waals surface area (Å²) in [6, 6.07) is 6.93. The van der Waals surface area contributed by atoms with Crippen molar-refractivity contribution in [1.82, 2.24) is 5.32 Å². The number of nitrogens with zero attached hydrogens (tertiary/aromatic N) is 1. The van der Waals surface area contributed by atoms with Crippen molar-refractivity contribution in [1.29, 1.82) is 0 Å². The highest BCUT2D eigenvalue weighted by Gasteiger charge is 2.32. The molecule has 20 heavy (non-hydrogen) atoms. The van der Waals surface area contributed by atoms with Crippen molar-refractivity contribution in [2.24, 2.45) is 5.92 Å². The van der Waals surface area contributed by atoms with Gasteiger partial charge < -0.3 is 10.2 Å². The zero-order chi connectivity index (χ0) is 14.9. The van der Waals surface area contributed by atoms with Crippen molar-refractivity contribution < 1.29 is 13.2 Å². The molecule has 0 unspecified atom stereocenters. The fourth-order valence-electron chi connectivity index (χ4n) is 2.16. The van der Waals surface area contributed by atoms with E-state index in [0.29, 0.717) is 18.0 Å². The monoisotopic (exact) mass is 296 g/mol. The molecule has 0 spiro atoms. The molecule has 1 N–H and O–H groups in total. The van der Waals surface area contributed by atoms with Crippen LogP contribution in [-0.2, 0) is 14.6 Å². The van der Waals surface area contributed by atoms with Gasteiger partial charge in [-0.05, 0) is 38.1 Å². The van der Waals surface area contributed by atoms with Crippen LogP contribution >= 0.6 is 0 Å². The van der Waals surface area contributed by atoms with Crippen molar-refractivity contribution in [3.05, 3.63) is 24.3 Å². The molecule has 5 nitrogen and oxygen atoms in total. The first-order valence-electron chi connectivity index (χ1n) is 6.63. The van der Waals surface area contributed by atoms with Gasteiger partial charge >= 0.3 is 0 Å². The Labute approximate surface area is 119 Å². The molecule has 1 aliphatic rings.